The topological polar surface area (TPSA) is 29.5 Å². The fourth-order valence-electron chi connectivity index (χ4n) is 3.84. The van der Waals surface area contributed by atoms with Crippen LogP contribution < -0.4 is 4.74 Å². The minimum absolute atomic E-state index is 0.0512. The Bertz CT molecular complexity index is 460. The van der Waals surface area contributed by atoms with Crippen molar-refractivity contribution >= 4 is 0 Å². The molecule has 3 rings (SSSR count). The molecule has 1 aromatic rings. The number of rotatable bonds is 2. The Balaban J connectivity index is 1.76. The Hall–Kier alpha value is -1.02. The molecule has 2 heteroatoms. The number of benzene rings is 1. The fraction of sp³-hybridized carbons (Fsp3) is 0.647. The summed E-state index contributed by atoms with van der Waals surface area (Å²) in [5.41, 5.74) is 2.52. The van der Waals surface area contributed by atoms with Crippen LogP contribution in [0.3, 0.4) is 0 Å². The smallest absolute Gasteiger partial charge is 0.122 e. The molecule has 2 saturated carbocycles. The van der Waals surface area contributed by atoms with Crippen molar-refractivity contribution in [1.29, 1.82) is 0 Å². The van der Waals surface area contributed by atoms with Crippen LogP contribution in [0.15, 0.2) is 18.2 Å². The summed E-state index contributed by atoms with van der Waals surface area (Å²) in [4.78, 5) is 0. The summed E-state index contributed by atoms with van der Waals surface area (Å²) in [7, 11) is 0. The van der Waals surface area contributed by atoms with Crippen molar-refractivity contribution in [3.8, 4) is 5.75 Å². The van der Waals surface area contributed by atoms with Gasteiger partial charge in [0.25, 0.3) is 0 Å². The highest BCUT2D eigenvalue weighted by molar-refractivity contribution is 5.36. The van der Waals surface area contributed by atoms with Crippen LogP contribution in [0.2, 0.25) is 0 Å². The van der Waals surface area contributed by atoms with Crippen LogP contribution in [0.1, 0.15) is 49.7 Å². The first kappa shape index (κ1) is 13.0. The van der Waals surface area contributed by atoms with E-state index in [0.29, 0.717) is 0 Å². The molecule has 2 aliphatic rings. The molecule has 0 heterocycles. The zero-order valence-electron chi connectivity index (χ0n) is 12.0. The second kappa shape index (κ2) is 4.82. The molecule has 2 aliphatic carbocycles. The van der Waals surface area contributed by atoms with Gasteiger partial charge in [0.15, 0.2) is 0 Å². The molecule has 0 amide bonds. The summed E-state index contributed by atoms with van der Waals surface area (Å²) >= 11 is 0. The van der Waals surface area contributed by atoms with E-state index in [1.807, 2.05) is 0 Å². The Kier molecular flexibility index (Phi) is 3.30. The van der Waals surface area contributed by atoms with Crippen molar-refractivity contribution in [3.05, 3.63) is 29.3 Å². The molecule has 2 atom stereocenters. The van der Waals surface area contributed by atoms with Crippen molar-refractivity contribution in [3.63, 3.8) is 0 Å². The van der Waals surface area contributed by atoms with E-state index in [-0.39, 0.29) is 17.6 Å². The Labute approximate surface area is 115 Å². The van der Waals surface area contributed by atoms with E-state index >= 15 is 0 Å². The van der Waals surface area contributed by atoms with Crippen molar-refractivity contribution in [2.24, 2.45) is 5.41 Å². The average molecular weight is 260 g/mol. The van der Waals surface area contributed by atoms with E-state index in [1.54, 1.807) is 0 Å². The van der Waals surface area contributed by atoms with Crippen LogP contribution in [0.4, 0.5) is 0 Å². The third-order valence-corrected chi connectivity index (χ3v) is 5.13. The van der Waals surface area contributed by atoms with Gasteiger partial charge in [-0.05, 0) is 38.3 Å². The van der Waals surface area contributed by atoms with E-state index in [0.717, 1.165) is 25.0 Å². The van der Waals surface area contributed by atoms with Crippen LogP contribution in [0, 0.1) is 19.3 Å². The SMILES string of the molecule is Cc1ccc(OC2CC(O)C23CCCCC3)c(C)c1. The standard InChI is InChI=1S/C17H24O2/c1-12-6-7-14(13(2)10-12)19-16-11-15(18)17(16)8-4-3-5-9-17/h6-7,10,15-16,18H,3-5,8-9,11H2,1-2H3. The largest absolute Gasteiger partial charge is 0.489 e. The van der Waals surface area contributed by atoms with E-state index in [9.17, 15) is 5.11 Å². The molecule has 1 aromatic carbocycles. The van der Waals surface area contributed by atoms with Gasteiger partial charge in [0.1, 0.15) is 11.9 Å². The van der Waals surface area contributed by atoms with Gasteiger partial charge >= 0.3 is 0 Å². The molecule has 0 saturated heterocycles. The van der Waals surface area contributed by atoms with Gasteiger partial charge in [0.2, 0.25) is 0 Å². The third-order valence-electron chi connectivity index (χ3n) is 5.13. The lowest BCUT2D eigenvalue weighted by atomic mass is 9.56. The van der Waals surface area contributed by atoms with Crippen molar-refractivity contribution in [2.45, 2.75) is 64.6 Å². The molecule has 1 N–H and O–H groups in total. The molecule has 2 nitrogen and oxygen atoms in total. The molecule has 0 aliphatic heterocycles. The minimum atomic E-state index is -0.149. The first-order chi connectivity index (χ1) is 9.12. The van der Waals surface area contributed by atoms with Crippen LogP contribution in [-0.4, -0.2) is 17.3 Å². The van der Waals surface area contributed by atoms with E-state index in [2.05, 4.69) is 32.0 Å². The fourth-order valence-corrected chi connectivity index (χ4v) is 3.84. The summed E-state index contributed by atoms with van der Waals surface area (Å²) in [6, 6.07) is 6.34. The van der Waals surface area contributed by atoms with Crippen molar-refractivity contribution in [2.75, 3.05) is 0 Å². The second-order valence-electron chi connectivity index (χ2n) is 6.42. The van der Waals surface area contributed by atoms with Gasteiger partial charge in [-0.1, -0.05) is 37.0 Å². The Morgan fingerprint density at radius 2 is 1.89 bits per heavy atom. The molecule has 0 bridgehead atoms. The van der Waals surface area contributed by atoms with Crippen LogP contribution in [-0.2, 0) is 0 Å². The molecule has 2 fully saturated rings. The molecule has 0 radical (unpaired) electrons. The van der Waals surface area contributed by atoms with Crippen LogP contribution >= 0.6 is 0 Å². The lowest BCUT2D eigenvalue weighted by Gasteiger charge is -2.55. The van der Waals surface area contributed by atoms with Gasteiger partial charge in [0.05, 0.1) is 6.10 Å². The highest BCUT2D eigenvalue weighted by Gasteiger charge is 2.56. The zero-order valence-corrected chi connectivity index (χ0v) is 12.0. The maximum absolute atomic E-state index is 10.2. The lowest BCUT2D eigenvalue weighted by molar-refractivity contribution is -0.172. The highest BCUT2D eigenvalue weighted by Crippen LogP contribution is 2.53. The molecular weight excluding hydrogens is 236 g/mol. The van der Waals surface area contributed by atoms with Gasteiger partial charge in [0, 0.05) is 11.8 Å². The average Bonchev–Trinajstić information content (AvgIpc) is 2.42. The lowest BCUT2D eigenvalue weighted by Crippen LogP contribution is -2.60. The number of hydrogen-bond donors (Lipinski definition) is 1. The van der Waals surface area contributed by atoms with E-state index in [1.165, 1.54) is 30.4 Å². The van der Waals surface area contributed by atoms with Crippen LogP contribution in [0.25, 0.3) is 0 Å². The maximum Gasteiger partial charge on any atom is 0.122 e. The molecule has 19 heavy (non-hydrogen) atoms. The number of ether oxygens (including phenoxy) is 1. The summed E-state index contributed by atoms with van der Waals surface area (Å²) in [6.07, 6.45) is 6.91. The third kappa shape index (κ3) is 2.16. The molecule has 1 spiro atoms. The van der Waals surface area contributed by atoms with Gasteiger partial charge in [-0.2, -0.15) is 0 Å². The number of aliphatic hydroxyl groups excluding tert-OH is 1. The maximum atomic E-state index is 10.2. The van der Waals surface area contributed by atoms with E-state index < -0.39 is 0 Å². The molecular formula is C17H24O2. The zero-order chi connectivity index (χ0) is 13.5. The molecule has 2 unspecified atom stereocenters. The van der Waals surface area contributed by atoms with Crippen molar-refractivity contribution in [1.82, 2.24) is 0 Å². The van der Waals surface area contributed by atoms with Gasteiger partial charge in [-0.15, -0.1) is 0 Å². The van der Waals surface area contributed by atoms with Gasteiger partial charge in [-0.25, -0.2) is 0 Å². The summed E-state index contributed by atoms with van der Waals surface area (Å²) in [5.74, 6) is 0.993. The van der Waals surface area contributed by atoms with Crippen LogP contribution in [0.5, 0.6) is 5.75 Å². The summed E-state index contributed by atoms with van der Waals surface area (Å²) in [6.45, 7) is 4.21. The summed E-state index contributed by atoms with van der Waals surface area (Å²) < 4.78 is 6.24. The molecule has 0 aromatic heterocycles. The number of aryl methyl sites for hydroxylation is 2. The first-order valence-electron chi connectivity index (χ1n) is 7.54. The Morgan fingerprint density at radius 1 is 1.16 bits per heavy atom. The quantitative estimate of drug-likeness (QED) is 0.877. The molecule has 104 valence electrons. The second-order valence-corrected chi connectivity index (χ2v) is 6.42. The van der Waals surface area contributed by atoms with E-state index in [4.69, 9.17) is 4.74 Å². The first-order valence-corrected chi connectivity index (χ1v) is 7.54. The predicted molar refractivity (Wildman–Crippen MR) is 76.5 cm³/mol. The normalized spacial score (nSPS) is 29.0. The predicted octanol–water partition coefficient (Wildman–Crippen LogP) is 3.77. The highest BCUT2D eigenvalue weighted by atomic mass is 16.5. The minimum Gasteiger partial charge on any atom is -0.489 e. The van der Waals surface area contributed by atoms with Gasteiger partial charge < -0.3 is 9.84 Å². The summed E-state index contributed by atoms with van der Waals surface area (Å²) in [5, 5.41) is 10.2. The van der Waals surface area contributed by atoms with Crippen molar-refractivity contribution < 1.29 is 9.84 Å². The Morgan fingerprint density at radius 3 is 2.53 bits per heavy atom. The monoisotopic (exact) mass is 260 g/mol. The number of aliphatic hydroxyl groups is 1. The van der Waals surface area contributed by atoms with Gasteiger partial charge in [-0.3, -0.25) is 0 Å². The number of hydrogen-bond acceptors (Lipinski definition) is 2.